The third-order valence-electron chi connectivity index (χ3n) is 2.77. The van der Waals surface area contributed by atoms with Crippen LogP contribution < -0.4 is 5.43 Å². The van der Waals surface area contributed by atoms with E-state index in [1.165, 1.54) is 12.3 Å². The van der Waals surface area contributed by atoms with Gasteiger partial charge in [0.05, 0.1) is 22.5 Å². The van der Waals surface area contributed by atoms with Gasteiger partial charge in [-0.3, -0.25) is 5.43 Å². The first kappa shape index (κ1) is 17.6. The number of hydrogen-bond acceptors (Lipinski definition) is 2. The Morgan fingerprint density at radius 2 is 1.83 bits per heavy atom. The molecule has 0 unspecified atom stereocenters. The van der Waals surface area contributed by atoms with Crippen LogP contribution in [0.4, 0.5) is 18.9 Å². The van der Waals surface area contributed by atoms with Crippen LogP contribution in [0.25, 0.3) is 6.08 Å². The summed E-state index contributed by atoms with van der Waals surface area (Å²) in [7, 11) is 0. The molecule has 7 heteroatoms. The molecule has 0 spiro atoms. The second-order valence-corrected chi connectivity index (χ2v) is 5.83. The molecule has 0 radical (unpaired) electrons. The first-order valence-electron chi connectivity index (χ1n) is 6.44. The minimum Gasteiger partial charge on any atom is -0.277 e. The van der Waals surface area contributed by atoms with E-state index >= 15 is 0 Å². The summed E-state index contributed by atoms with van der Waals surface area (Å²) < 4.78 is 38.7. The molecule has 0 fully saturated rings. The molecule has 0 aliphatic carbocycles. The van der Waals surface area contributed by atoms with Crippen LogP contribution in [0.1, 0.15) is 11.1 Å². The first-order valence-corrected chi connectivity index (χ1v) is 7.61. The van der Waals surface area contributed by atoms with Gasteiger partial charge in [-0.25, -0.2) is 0 Å². The molecule has 2 nitrogen and oxygen atoms in total. The van der Waals surface area contributed by atoms with Crippen molar-refractivity contribution in [3.05, 3.63) is 69.2 Å². The van der Waals surface area contributed by atoms with Crippen molar-refractivity contribution in [1.29, 1.82) is 0 Å². The van der Waals surface area contributed by atoms with Crippen LogP contribution in [0.2, 0.25) is 5.02 Å². The smallest absolute Gasteiger partial charge is 0.277 e. The lowest BCUT2D eigenvalue weighted by Crippen LogP contribution is -2.05. The van der Waals surface area contributed by atoms with Crippen LogP contribution >= 0.6 is 27.5 Å². The summed E-state index contributed by atoms with van der Waals surface area (Å²) >= 11 is 9.17. The zero-order chi connectivity index (χ0) is 16.9. The van der Waals surface area contributed by atoms with Crippen LogP contribution in [0.3, 0.4) is 0 Å². The molecule has 0 atom stereocenters. The van der Waals surface area contributed by atoms with Crippen LogP contribution in [-0.4, -0.2) is 6.21 Å². The Morgan fingerprint density at radius 3 is 2.48 bits per heavy atom. The van der Waals surface area contributed by atoms with Crippen molar-refractivity contribution < 1.29 is 13.2 Å². The third kappa shape index (κ3) is 5.41. The number of hydrogen-bond donors (Lipinski definition) is 1. The largest absolute Gasteiger partial charge is 0.416 e. The predicted octanol–water partition coefficient (Wildman–Crippen LogP) is 6.19. The van der Waals surface area contributed by atoms with Gasteiger partial charge in [-0.05, 0) is 45.8 Å². The zero-order valence-electron chi connectivity index (χ0n) is 11.6. The van der Waals surface area contributed by atoms with Gasteiger partial charge in [0.25, 0.3) is 0 Å². The van der Waals surface area contributed by atoms with E-state index in [4.69, 9.17) is 11.6 Å². The Hall–Kier alpha value is -1.79. The average Bonchev–Trinajstić information content (AvgIpc) is 2.49. The van der Waals surface area contributed by atoms with Gasteiger partial charge in [-0.2, -0.15) is 18.3 Å². The molecule has 0 heterocycles. The number of nitrogens with zero attached hydrogens (tertiary/aromatic N) is 1. The molecular weight excluding hydrogens is 393 g/mol. The second-order valence-electron chi connectivity index (χ2n) is 4.50. The maximum absolute atomic E-state index is 12.7. The van der Waals surface area contributed by atoms with E-state index in [-0.39, 0.29) is 10.7 Å². The van der Waals surface area contributed by atoms with E-state index < -0.39 is 11.7 Å². The Morgan fingerprint density at radius 1 is 1.13 bits per heavy atom. The predicted molar refractivity (Wildman–Crippen MR) is 91.9 cm³/mol. The average molecular weight is 404 g/mol. The summed E-state index contributed by atoms with van der Waals surface area (Å²) in [5, 5.41) is 4.03. The van der Waals surface area contributed by atoms with Gasteiger partial charge in [-0.15, -0.1) is 0 Å². The fourth-order valence-electron chi connectivity index (χ4n) is 1.70. The number of allylic oxidation sites excluding steroid dienone is 1. The topological polar surface area (TPSA) is 24.4 Å². The lowest BCUT2D eigenvalue weighted by molar-refractivity contribution is -0.137. The van der Waals surface area contributed by atoms with E-state index in [1.807, 2.05) is 36.4 Å². The van der Waals surface area contributed by atoms with Crippen molar-refractivity contribution >= 4 is 45.5 Å². The molecule has 2 aromatic carbocycles. The van der Waals surface area contributed by atoms with Gasteiger partial charge < -0.3 is 0 Å². The molecule has 2 rings (SSSR count). The fourth-order valence-corrected chi connectivity index (χ4v) is 2.22. The fraction of sp³-hybridized carbons (Fsp3) is 0.0625. The summed E-state index contributed by atoms with van der Waals surface area (Å²) in [6.07, 6.45) is -1.18. The van der Waals surface area contributed by atoms with Gasteiger partial charge in [0, 0.05) is 4.48 Å². The lowest BCUT2D eigenvalue weighted by atomic mass is 10.2. The van der Waals surface area contributed by atoms with E-state index in [2.05, 4.69) is 26.5 Å². The SMILES string of the molecule is FC(F)(F)c1ccc(Cl)c(N/N=C\C(Br)=C\c2ccccc2)c1. The van der Waals surface area contributed by atoms with Gasteiger partial charge in [-0.1, -0.05) is 41.9 Å². The van der Waals surface area contributed by atoms with E-state index in [0.29, 0.717) is 4.48 Å². The molecule has 0 aliphatic rings. The summed E-state index contributed by atoms with van der Waals surface area (Å²) in [5.41, 5.74) is 2.76. The van der Waals surface area contributed by atoms with Crippen LogP contribution in [0, 0.1) is 0 Å². The van der Waals surface area contributed by atoms with Crippen molar-refractivity contribution in [2.45, 2.75) is 6.18 Å². The van der Waals surface area contributed by atoms with Crippen molar-refractivity contribution in [3.8, 4) is 0 Å². The van der Waals surface area contributed by atoms with Gasteiger partial charge in [0.15, 0.2) is 0 Å². The minimum atomic E-state index is -4.43. The van der Waals surface area contributed by atoms with Gasteiger partial charge in [0.1, 0.15) is 0 Å². The highest BCUT2D eigenvalue weighted by molar-refractivity contribution is 9.12. The molecule has 0 saturated carbocycles. The molecule has 0 saturated heterocycles. The maximum atomic E-state index is 12.7. The summed E-state index contributed by atoms with van der Waals surface area (Å²) in [5.74, 6) is 0. The van der Waals surface area contributed by atoms with E-state index in [1.54, 1.807) is 0 Å². The molecule has 0 aromatic heterocycles. The molecule has 23 heavy (non-hydrogen) atoms. The number of anilines is 1. The Bertz CT molecular complexity index is 728. The highest BCUT2D eigenvalue weighted by Gasteiger charge is 2.30. The number of hydrazone groups is 1. The Labute approximate surface area is 144 Å². The first-order chi connectivity index (χ1) is 10.9. The molecule has 0 aliphatic heterocycles. The number of alkyl halides is 3. The summed E-state index contributed by atoms with van der Waals surface area (Å²) in [4.78, 5) is 0. The molecular formula is C16H11BrClF3N2. The molecule has 1 N–H and O–H groups in total. The highest BCUT2D eigenvalue weighted by Crippen LogP contribution is 2.33. The van der Waals surface area contributed by atoms with Crippen molar-refractivity contribution in [2.24, 2.45) is 5.10 Å². The molecule has 2 aromatic rings. The Kier molecular flexibility index (Phi) is 5.85. The molecule has 0 bridgehead atoms. The van der Waals surface area contributed by atoms with Crippen molar-refractivity contribution in [2.75, 3.05) is 5.43 Å². The van der Waals surface area contributed by atoms with E-state index in [9.17, 15) is 13.2 Å². The standard InChI is InChI=1S/C16H11BrClF3N2/c17-13(8-11-4-2-1-3-5-11)10-22-23-15-9-12(16(19,20)21)6-7-14(15)18/h1-10,23H/b13-8-,22-10-. The van der Waals surface area contributed by atoms with Crippen LogP contribution in [0.5, 0.6) is 0 Å². The van der Waals surface area contributed by atoms with Crippen molar-refractivity contribution in [1.82, 2.24) is 0 Å². The van der Waals surface area contributed by atoms with Gasteiger partial charge >= 0.3 is 6.18 Å². The normalized spacial score (nSPS) is 12.7. The maximum Gasteiger partial charge on any atom is 0.416 e. The lowest BCUT2D eigenvalue weighted by Gasteiger charge is -2.09. The summed E-state index contributed by atoms with van der Waals surface area (Å²) in [6.45, 7) is 0. The molecule has 0 amide bonds. The quantitative estimate of drug-likeness (QED) is 0.477. The van der Waals surface area contributed by atoms with Crippen molar-refractivity contribution in [3.63, 3.8) is 0 Å². The van der Waals surface area contributed by atoms with Gasteiger partial charge in [0.2, 0.25) is 0 Å². The van der Waals surface area contributed by atoms with Crippen LogP contribution in [-0.2, 0) is 6.18 Å². The number of halogens is 5. The van der Waals surface area contributed by atoms with Crippen LogP contribution in [0.15, 0.2) is 58.1 Å². The third-order valence-corrected chi connectivity index (χ3v) is 3.53. The zero-order valence-corrected chi connectivity index (χ0v) is 14.0. The van der Waals surface area contributed by atoms with E-state index in [0.717, 1.165) is 17.7 Å². The molecule has 120 valence electrons. The monoisotopic (exact) mass is 402 g/mol. The second kappa shape index (κ2) is 7.66. The minimum absolute atomic E-state index is 0.0813. The summed E-state index contributed by atoms with van der Waals surface area (Å²) in [6, 6.07) is 12.5. The Balaban J connectivity index is 2.10. The number of rotatable bonds is 4. The number of nitrogens with one attached hydrogen (secondary N) is 1. The highest BCUT2D eigenvalue weighted by atomic mass is 79.9. The number of benzene rings is 2.